The van der Waals surface area contributed by atoms with Gasteiger partial charge < -0.3 is 10.5 Å². The lowest BCUT2D eigenvalue weighted by molar-refractivity contribution is 0.258. The van der Waals surface area contributed by atoms with Crippen molar-refractivity contribution < 1.29 is 4.74 Å². The van der Waals surface area contributed by atoms with E-state index in [1.807, 2.05) is 12.1 Å². The summed E-state index contributed by atoms with van der Waals surface area (Å²) in [5, 5.41) is 0. The van der Waals surface area contributed by atoms with E-state index in [1.165, 1.54) is 5.56 Å². The molecule has 1 aromatic rings. The Morgan fingerprint density at radius 2 is 2.15 bits per heavy atom. The normalized spacial score (nSPS) is 35.3. The number of para-hydroxylation sites is 1. The summed E-state index contributed by atoms with van der Waals surface area (Å²) in [6, 6.07) is 8.65. The van der Waals surface area contributed by atoms with E-state index in [4.69, 9.17) is 10.5 Å². The second-order valence-electron chi connectivity index (χ2n) is 4.06. The van der Waals surface area contributed by atoms with Crippen LogP contribution in [0, 0.1) is 0 Å². The number of fused-ring (bicyclic) bond motifs is 2. The lowest BCUT2D eigenvalue weighted by Crippen LogP contribution is -2.26. The molecule has 0 radical (unpaired) electrons. The molecule has 1 aromatic carbocycles. The SMILES string of the molecule is NC1CC12CCOc1ccccc12. The maximum absolute atomic E-state index is 5.99. The van der Waals surface area contributed by atoms with Crippen molar-refractivity contribution >= 4 is 0 Å². The van der Waals surface area contributed by atoms with Crippen LogP contribution in [0.25, 0.3) is 0 Å². The molecule has 1 fully saturated rings. The molecule has 2 unspecified atom stereocenters. The molecule has 0 bridgehead atoms. The van der Waals surface area contributed by atoms with Crippen LogP contribution in [0.2, 0.25) is 0 Å². The van der Waals surface area contributed by atoms with Crippen LogP contribution in [-0.4, -0.2) is 12.6 Å². The second-order valence-corrected chi connectivity index (χ2v) is 4.06. The molecule has 3 rings (SSSR count). The highest BCUT2D eigenvalue weighted by molar-refractivity contribution is 5.47. The molecule has 1 saturated carbocycles. The fourth-order valence-corrected chi connectivity index (χ4v) is 2.41. The Morgan fingerprint density at radius 3 is 2.92 bits per heavy atom. The van der Waals surface area contributed by atoms with Crippen LogP contribution in [0.15, 0.2) is 24.3 Å². The van der Waals surface area contributed by atoms with Crippen LogP contribution in [-0.2, 0) is 5.41 Å². The Bertz CT molecular complexity index is 350. The molecule has 1 spiro atoms. The predicted octanol–water partition coefficient (Wildman–Crippen LogP) is 1.44. The van der Waals surface area contributed by atoms with Gasteiger partial charge >= 0.3 is 0 Å². The van der Waals surface area contributed by atoms with Gasteiger partial charge in [-0.05, 0) is 18.9 Å². The summed E-state index contributed by atoms with van der Waals surface area (Å²) >= 11 is 0. The maximum atomic E-state index is 5.99. The van der Waals surface area contributed by atoms with Gasteiger partial charge in [0.05, 0.1) is 6.61 Å². The number of ether oxygens (including phenoxy) is 1. The van der Waals surface area contributed by atoms with Crippen molar-refractivity contribution in [1.29, 1.82) is 0 Å². The van der Waals surface area contributed by atoms with Crippen LogP contribution in [0.4, 0.5) is 0 Å². The van der Waals surface area contributed by atoms with Gasteiger partial charge in [-0.2, -0.15) is 0 Å². The first kappa shape index (κ1) is 7.39. The molecular formula is C11H13NO. The molecule has 0 aromatic heterocycles. The van der Waals surface area contributed by atoms with E-state index in [2.05, 4.69) is 12.1 Å². The van der Waals surface area contributed by atoms with Crippen LogP contribution < -0.4 is 10.5 Å². The number of rotatable bonds is 0. The average Bonchev–Trinajstić information content (AvgIpc) is 2.79. The zero-order chi connectivity index (χ0) is 8.89. The molecule has 13 heavy (non-hydrogen) atoms. The van der Waals surface area contributed by atoms with Crippen LogP contribution in [0.3, 0.4) is 0 Å². The Hall–Kier alpha value is -1.02. The third-order valence-electron chi connectivity index (χ3n) is 3.36. The van der Waals surface area contributed by atoms with Gasteiger partial charge in [0.25, 0.3) is 0 Å². The fourth-order valence-electron chi connectivity index (χ4n) is 2.41. The highest BCUT2D eigenvalue weighted by Gasteiger charge is 2.55. The highest BCUT2D eigenvalue weighted by atomic mass is 16.5. The third kappa shape index (κ3) is 0.866. The quantitative estimate of drug-likeness (QED) is 0.647. The van der Waals surface area contributed by atoms with Crippen molar-refractivity contribution in [2.45, 2.75) is 24.3 Å². The summed E-state index contributed by atoms with van der Waals surface area (Å²) in [4.78, 5) is 0. The summed E-state index contributed by atoms with van der Waals surface area (Å²) in [5.74, 6) is 1.04. The summed E-state index contributed by atoms with van der Waals surface area (Å²) in [7, 11) is 0. The van der Waals surface area contributed by atoms with E-state index in [0.717, 1.165) is 25.2 Å². The van der Waals surface area contributed by atoms with E-state index in [9.17, 15) is 0 Å². The van der Waals surface area contributed by atoms with Crippen molar-refractivity contribution in [3.05, 3.63) is 29.8 Å². The lowest BCUT2D eigenvalue weighted by Gasteiger charge is -2.26. The van der Waals surface area contributed by atoms with Crippen molar-refractivity contribution in [1.82, 2.24) is 0 Å². The molecule has 0 saturated heterocycles. The molecule has 2 nitrogen and oxygen atoms in total. The monoisotopic (exact) mass is 175 g/mol. The topological polar surface area (TPSA) is 35.2 Å². The predicted molar refractivity (Wildman–Crippen MR) is 50.8 cm³/mol. The lowest BCUT2D eigenvalue weighted by atomic mass is 9.89. The zero-order valence-corrected chi connectivity index (χ0v) is 7.49. The van der Waals surface area contributed by atoms with Gasteiger partial charge in [-0.15, -0.1) is 0 Å². The average molecular weight is 175 g/mol. The van der Waals surface area contributed by atoms with Gasteiger partial charge in [0, 0.05) is 17.0 Å². The van der Waals surface area contributed by atoms with Gasteiger partial charge in [-0.3, -0.25) is 0 Å². The molecule has 68 valence electrons. The highest BCUT2D eigenvalue weighted by Crippen LogP contribution is 2.54. The Kier molecular flexibility index (Phi) is 1.29. The van der Waals surface area contributed by atoms with E-state index in [0.29, 0.717) is 6.04 Å². The molecule has 2 atom stereocenters. The zero-order valence-electron chi connectivity index (χ0n) is 7.49. The minimum absolute atomic E-state index is 0.273. The van der Waals surface area contributed by atoms with Crippen molar-refractivity contribution in [3.8, 4) is 5.75 Å². The molecule has 0 amide bonds. The van der Waals surface area contributed by atoms with Gasteiger partial charge in [-0.25, -0.2) is 0 Å². The molecule has 1 heterocycles. The van der Waals surface area contributed by atoms with Gasteiger partial charge in [-0.1, -0.05) is 18.2 Å². The summed E-state index contributed by atoms with van der Waals surface area (Å²) in [6.45, 7) is 0.824. The molecule has 2 heteroatoms. The largest absolute Gasteiger partial charge is 0.493 e. The van der Waals surface area contributed by atoms with Gasteiger partial charge in [0.1, 0.15) is 5.75 Å². The van der Waals surface area contributed by atoms with Crippen molar-refractivity contribution in [3.63, 3.8) is 0 Å². The number of hydrogen-bond acceptors (Lipinski definition) is 2. The van der Waals surface area contributed by atoms with Crippen molar-refractivity contribution in [2.24, 2.45) is 5.73 Å². The smallest absolute Gasteiger partial charge is 0.123 e. The number of hydrogen-bond donors (Lipinski definition) is 1. The number of nitrogens with two attached hydrogens (primary N) is 1. The number of benzene rings is 1. The fraction of sp³-hybridized carbons (Fsp3) is 0.455. The molecular weight excluding hydrogens is 162 g/mol. The molecule has 1 aliphatic carbocycles. The first-order valence-electron chi connectivity index (χ1n) is 4.81. The molecule has 2 aliphatic rings. The van der Waals surface area contributed by atoms with Gasteiger partial charge in [0.2, 0.25) is 0 Å². The van der Waals surface area contributed by atoms with E-state index in [1.54, 1.807) is 0 Å². The van der Waals surface area contributed by atoms with Crippen LogP contribution in [0.5, 0.6) is 5.75 Å². The minimum atomic E-state index is 0.273. The molecule has 1 aliphatic heterocycles. The van der Waals surface area contributed by atoms with E-state index >= 15 is 0 Å². The maximum Gasteiger partial charge on any atom is 0.123 e. The van der Waals surface area contributed by atoms with Crippen LogP contribution >= 0.6 is 0 Å². The summed E-state index contributed by atoms with van der Waals surface area (Å²) < 4.78 is 5.59. The van der Waals surface area contributed by atoms with E-state index < -0.39 is 0 Å². The molecule has 2 N–H and O–H groups in total. The Labute approximate surface area is 77.7 Å². The first-order chi connectivity index (χ1) is 6.33. The van der Waals surface area contributed by atoms with Crippen LogP contribution in [0.1, 0.15) is 18.4 Å². The Balaban J connectivity index is 2.13. The standard InChI is InChI=1S/C11H13NO/c12-10-7-11(10)5-6-13-9-4-2-1-3-8(9)11/h1-4,10H,5-7,12H2. The minimum Gasteiger partial charge on any atom is -0.493 e. The van der Waals surface area contributed by atoms with E-state index in [-0.39, 0.29) is 5.41 Å². The first-order valence-corrected chi connectivity index (χ1v) is 4.81. The Morgan fingerprint density at radius 1 is 1.38 bits per heavy atom. The third-order valence-corrected chi connectivity index (χ3v) is 3.36. The van der Waals surface area contributed by atoms with Crippen molar-refractivity contribution in [2.75, 3.05) is 6.61 Å². The summed E-state index contributed by atoms with van der Waals surface area (Å²) in [5.41, 5.74) is 7.59. The summed E-state index contributed by atoms with van der Waals surface area (Å²) in [6.07, 6.45) is 2.22. The van der Waals surface area contributed by atoms with Gasteiger partial charge in [0.15, 0.2) is 0 Å². The second kappa shape index (κ2) is 2.26.